The number of hydrogen-bond acceptors (Lipinski definition) is 4. The number of likely N-dealkylation sites (N-methyl/N-ethyl adjacent to an activating group) is 1. The number of carbonyl (C=O) groups excluding carboxylic acids is 1. The Morgan fingerprint density at radius 1 is 1.00 bits per heavy atom. The van der Waals surface area contributed by atoms with Gasteiger partial charge in [0.25, 0.3) is 5.91 Å². The van der Waals surface area contributed by atoms with Crippen molar-refractivity contribution in [2.75, 3.05) is 27.3 Å². The molecule has 0 bridgehead atoms. The van der Waals surface area contributed by atoms with Crippen molar-refractivity contribution < 1.29 is 19.0 Å². The smallest absolute Gasteiger partial charge is 0.253 e. The number of carbonyl (C=O) groups is 1. The van der Waals surface area contributed by atoms with E-state index < -0.39 is 0 Å². The normalized spacial score (nSPS) is 14.7. The molecule has 3 aromatic rings. The fraction of sp³-hybridized carbons (Fsp3) is 0.296. The van der Waals surface area contributed by atoms with Gasteiger partial charge in [-0.2, -0.15) is 0 Å². The molecular weight excluding hydrogens is 402 g/mol. The molecular formula is C27H29NO4. The lowest BCUT2D eigenvalue weighted by Crippen LogP contribution is -2.29. The van der Waals surface area contributed by atoms with Crippen molar-refractivity contribution >= 4 is 5.91 Å². The number of ether oxygens (including phenoxy) is 3. The second-order valence-electron chi connectivity index (χ2n) is 8.13. The summed E-state index contributed by atoms with van der Waals surface area (Å²) in [7, 11) is 3.40. The Kier molecular flexibility index (Phi) is 6.76. The minimum Gasteiger partial charge on any atom is -0.486 e. The number of nitrogens with zero attached hydrogens (tertiary/aromatic N) is 1. The molecule has 0 spiro atoms. The first-order chi connectivity index (χ1) is 15.5. The molecule has 0 aromatic heterocycles. The molecule has 5 heteroatoms. The first-order valence-electron chi connectivity index (χ1n) is 10.9. The van der Waals surface area contributed by atoms with Crippen LogP contribution in [0.25, 0.3) is 0 Å². The quantitative estimate of drug-likeness (QED) is 0.468. The van der Waals surface area contributed by atoms with Gasteiger partial charge in [0.15, 0.2) is 0 Å². The molecule has 1 atom stereocenters. The zero-order valence-corrected chi connectivity index (χ0v) is 18.8. The van der Waals surface area contributed by atoms with Crippen molar-refractivity contribution in [3.05, 3.63) is 89.0 Å². The second-order valence-corrected chi connectivity index (χ2v) is 8.13. The summed E-state index contributed by atoms with van der Waals surface area (Å²) in [5.41, 5.74) is 4.20. The predicted molar refractivity (Wildman–Crippen MR) is 125 cm³/mol. The van der Waals surface area contributed by atoms with Gasteiger partial charge in [-0.25, -0.2) is 0 Å². The number of amides is 1. The van der Waals surface area contributed by atoms with Gasteiger partial charge in [0, 0.05) is 31.8 Å². The van der Waals surface area contributed by atoms with Crippen LogP contribution in [-0.2, 0) is 11.2 Å². The number of benzene rings is 3. The SMILES string of the molecule is COCCN(C)C(=O)c1ccc(Oc2cccc3c2CC[C@H]3Oc2ccc(C)cc2)cc1. The van der Waals surface area contributed by atoms with Gasteiger partial charge in [-0.3, -0.25) is 4.79 Å². The summed E-state index contributed by atoms with van der Waals surface area (Å²) in [5.74, 6) is 2.40. The number of hydrogen-bond donors (Lipinski definition) is 0. The molecule has 32 heavy (non-hydrogen) atoms. The lowest BCUT2D eigenvalue weighted by molar-refractivity contribution is 0.0744. The standard InChI is InChI=1S/C27H29NO4/c1-19-7-11-21(12-8-19)32-26-16-15-24-23(26)5-4-6-25(24)31-22-13-9-20(10-14-22)27(29)28(2)17-18-30-3/h4-14,26H,15-18H2,1-3H3/t26-/m1/s1. The van der Waals surface area contributed by atoms with Crippen LogP contribution in [0.4, 0.5) is 0 Å². The van der Waals surface area contributed by atoms with E-state index in [-0.39, 0.29) is 12.0 Å². The highest BCUT2D eigenvalue weighted by Crippen LogP contribution is 2.40. The van der Waals surface area contributed by atoms with Crippen LogP contribution in [0, 0.1) is 6.92 Å². The summed E-state index contributed by atoms with van der Waals surface area (Å²) in [6.07, 6.45) is 1.85. The van der Waals surface area contributed by atoms with Gasteiger partial charge >= 0.3 is 0 Å². The van der Waals surface area contributed by atoms with Crippen molar-refractivity contribution in [1.82, 2.24) is 4.90 Å². The maximum absolute atomic E-state index is 12.5. The highest BCUT2D eigenvalue weighted by atomic mass is 16.5. The lowest BCUT2D eigenvalue weighted by Gasteiger charge is -2.17. The molecule has 0 unspecified atom stereocenters. The average Bonchev–Trinajstić information content (AvgIpc) is 3.23. The third kappa shape index (κ3) is 4.94. The van der Waals surface area contributed by atoms with Crippen LogP contribution in [0.2, 0.25) is 0 Å². The highest BCUT2D eigenvalue weighted by molar-refractivity contribution is 5.94. The van der Waals surface area contributed by atoms with E-state index in [1.807, 2.05) is 36.4 Å². The Morgan fingerprint density at radius 3 is 2.44 bits per heavy atom. The molecule has 3 aromatic carbocycles. The van der Waals surface area contributed by atoms with E-state index in [1.165, 1.54) is 16.7 Å². The maximum atomic E-state index is 12.5. The van der Waals surface area contributed by atoms with Crippen molar-refractivity contribution in [2.45, 2.75) is 25.9 Å². The Morgan fingerprint density at radius 2 is 1.72 bits per heavy atom. The first kappa shape index (κ1) is 21.9. The number of aryl methyl sites for hydroxylation is 1. The average molecular weight is 432 g/mol. The van der Waals surface area contributed by atoms with Crippen LogP contribution >= 0.6 is 0 Å². The van der Waals surface area contributed by atoms with Crippen molar-refractivity contribution in [3.8, 4) is 17.2 Å². The van der Waals surface area contributed by atoms with Crippen LogP contribution in [0.15, 0.2) is 66.7 Å². The van der Waals surface area contributed by atoms with E-state index >= 15 is 0 Å². The molecule has 1 aliphatic carbocycles. The molecule has 1 aliphatic rings. The molecule has 5 nitrogen and oxygen atoms in total. The van der Waals surface area contributed by atoms with E-state index in [2.05, 4.69) is 25.1 Å². The molecule has 1 amide bonds. The first-order valence-corrected chi connectivity index (χ1v) is 10.9. The molecule has 166 valence electrons. The zero-order valence-electron chi connectivity index (χ0n) is 18.8. The van der Waals surface area contributed by atoms with Gasteiger partial charge in [0.1, 0.15) is 23.4 Å². The highest BCUT2D eigenvalue weighted by Gasteiger charge is 2.27. The molecule has 0 saturated carbocycles. The molecule has 0 aliphatic heterocycles. The van der Waals surface area contributed by atoms with Crippen molar-refractivity contribution in [2.24, 2.45) is 0 Å². The van der Waals surface area contributed by atoms with Crippen molar-refractivity contribution in [1.29, 1.82) is 0 Å². The summed E-state index contributed by atoms with van der Waals surface area (Å²) in [6, 6.07) is 21.6. The van der Waals surface area contributed by atoms with E-state index in [0.29, 0.717) is 24.5 Å². The Labute approximate surface area is 189 Å². The Hall–Kier alpha value is -3.31. The van der Waals surface area contributed by atoms with Gasteiger partial charge in [0.2, 0.25) is 0 Å². The molecule has 0 saturated heterocycles. The topological polar surface area (TPSA) is 48.0 Å². The van der Waals surface area contributed by atoms with Crippen LogP contribution in [-0.4, -0.2) is 38.1 Å². The molecule has 0 fully saturated rings. The largest absolute Gasteiger partial charge is 0.486 e. The van der Waals surface area contributed by atoms with Gasteiger partial charge in [-0.15, -0.1) is 0 Å². The molecule has 0 N–H and O–H groups in total. The van der Waals surface area contributed by atoms with Gasteiger partial charge in [-0.1, -0.05) is 29.8 Å². The molecule has 0 heterocycles. The minimum absolute atomic E-state index is 0.0268. The Bertz CT molecular complexity index is 1060. The maximum Gasteiger partial charge on any atom is 0.253 e. The minimum atomic E-state index is -0.0368. The van der Waals surface area contributed by atoms with Gasteiger partial charge in [-0.05, 0) is 67.8 Å². The second kappa shape index (κ2) is 9.88. The van der Waals surface area contributed by atoms with Crippen LogP contribution in [0.3, 0.4) is 0 Å². The van der Waals surface area contributed by atoms with Gasteiger partial charge < -0.3 is 19.1 Å². The van der Waals surface area contributed by atoms with E-state index in [4.69, 9.17) is 14.2 Å². The summed E-state index contributed by atoms with van der Waals surface area (Å²) in [6.45, 7) is 3.13. The lowest BCUT2D eigenvalue weighted by atomic mass is 10.1. The molecule has 4 rings (SSSR count). The summed E-state index contributed by atoms with van der Waals surface area (Å²) in [4.78, 5) is 14.1. The summed E-state index contributed by atoms with van der Waals surface area (Å²) < 4.78 is 17.5. The Balaban J connectivity index is 1.45. The van der Waals surface area contributed by atoms with Crippen LogP contribution in [0.5, 0.6) is 17.2 Å². The summed E-state index contributed by atoms with van der Waals surface area (Å²) >= 11 is 0. The number of methoxy groups -OCH3 is 1. The van der Waals surface area contributed by atoms with Gasteiger partial charge in [0.05, 0.1) is 6.61 Å². The van der Waals surface area contributed by atoms with Crippen LogP contribution < -0.4 is 9.47 Å². The van der Waals surface area contributed by atoms with Crippen LogP contribution in [0.1, 0.15) is 39.6 Å². The zero-order chi connectivity index (χ0) is 22.5. The third-order valence-electron chi connectivity index (χ3n) is 5.78. The van der Waals surface area contributed by atoms with E-state index in [0.717, 1.165) is 24.3 Å². The van der Waals surface area contributed by atoms with Crippen molar-refractivity contribution in [3.63, 3.8) is 0 Å². The number of rotatable bonds is 8. The number of fused-ring (bicyclic) bond motifs is 1. The van der Waals surface area contributed by atoms with E-state index in [1.54, 1.807) is 31.2 Å². The predicted octanol–water partition coefficient (Wildman–Crippen LogP) is 5.57. The monoisotopic (exact) mass is 431 g/mol. The third-order valence-corrected chi connectivity index (χ3v) is 5.78. The van der Waals surface area contributed by atoms with E-state index in [9.17, 15) is 4.79 Å². The molecule has 0 radical (unpaired) electrons. The summed E-state index contributed by atoms with van der Waals surface area (Å²) in [5, 5.41) is 0. The fourth-order valence-electron chi connectivity index (χ4n) is 3.92. The fourth-order valence-corrected chi connectivity index (χ4v) is 3.92.